The van der Waals surface area contributed by atoms with Crippen molar-refractivity contribution in [3.05, 3.63) is 35.4 Å². The third-order valence-corrected chi connectivity index (χ3v) is 4.61. The molecule has 1 fully saturated rings. The van der Waals surface area contributed by atoms with Crippen LogP contribution in [0.15, 0.2) is 24.3 Å². The summed E-state index contributed by atoms with van der Waals surface area (Å²) >= 11 is 2.43. The highest BCUT2D eigenvalue weighted by Gasteiger charge is 2.17. The van der Waals surface area contributed by atoms with Crippen LogP contribution in [0.3, 0.4) is 0 Å². The largest absolute Gasteiger partial charge is 0.372 e. The van der Waals surface area contributed by atoms with Gasteiger partial charge in [-0.2, -0.15) is 0 Å². The van der Waals surface area contributed by atoms with E-state index in [-0.39, 0.29) is 6.10 Å². The third-order valence-electron chi connectivity index (χ3n) is 3.81. The van der Waals surface area contributed by atoms with E-state index in [0.717, 1.165) is 17.0 Å². The van der Waals surface area contributed by atoms with E-state index in [0.29, 0.717) is 0 Å². The molecule has 1 unspecified atom stereocenters. The Balaban J connectivity index is 1.88. The fourth-order valence-corrected chi connectivity index (χ4v) is 3.47. The maximum absolute atomic E-state index is 6.16. The summed E-state index contributed by atoms with van der Waals surface area (Å²) in [6, 6.07) is 8.73. The molecule has 0 N–H and O–H groups in total. The van der Waals surface area contributed by atoms with Crippen molar-refractivity contribution in [2.45, 2.75) is 45.1 Å². The summed E-state index contributed by atoms with van der Waals surface area (Å²) in [6.45, 7) is 3.09. The van der Waals surface area contributed by atoms with Crippen molar-refractivity contribution < 1.29 is 4.74 Å². The summed E-state index contributed by atoms with van der Waals surface area (Å²) < 4.78 is 7.20. The summed E-state index contributed by atoms with van der Waals surface area (Å²) in [6.07, 6.45) is 7.21. The van der Waals surface area contributed by atoms with Crippen LogP contribution in [0.1, 0.15) is 49.3 Å². The van der Waals surface area contributed by atoms with Crippen LogP contribution in [0.4, 0.5) is 0 Å². The van der Waals surface area contributed by atoms with Gasteiger partial charge >= 0.3 is 0 Å². The standard InChI is InChI=1S/C16H23IO/c1-13-6-5-9-15(10-13)16(11-17)18-12-14-7-3-2-4-8-14/h5-6,9-10,14,16H,2-4,7-8,11-12H2,1H3. The Bertz CT molecular complexity index is 358. The molecule has 1 aliphatic rings. The van der Waals surface area contributed by atoms with E-state index in [1.165, 1.54) is 43.2 Å². The van der Waals surface area contributed by atoms with Gasteiger partial charge in [0.15, 0.2) is 0 Å². The molecule has 2 heteroatoms. The van der Waals surface area contributed by atoms with Gasteiger partial charge in [0.1, 0.15) is 0 Å². The summed E-state index contributed by atoms with van der Waals surface area (Å²) in [5, 5.41) is 0. The van der Waals surface area contributed by atoms with Crippen LogP contribution in [-0.2, 0) is 4.74 Å². The molecular formula is C16H23IO. The monoisotopic (exact) mass is 358 g/mol. The molecule has 0 spiro atoms. The SMILES string of the molecule is Cc1cccc(C(CI)OCC2CCCCC2)c1. The first-order valence-electron chi connectivity index (χ1n) is 7.03. The maximum atomic E-state index is 6.16. The van der Waals surface area contributed by atoms with Gasteiger partial charge in [0.2, 0.25) is 0 Å². The molecular weight excluding hydrogens is 335 g/mol. The average Bonchev–Trinajstić information content (AvgIpc) is 2.41. The molecule has 0 aromatic heterocycles. The molecule has 2 rings (SSSR count). The number of hydrogen-bond acceptors (Lipinski definition) is 1. The van der Waals surface area contributed by atoms with Crippen molar-refractivity contribution in [2.24, 2.45) is 5.92 Å². The Morgan fingerprint density at radius 2 is 2.06 bits per heavy atom. The zero-order chi connectivity index (χ0) is 12.8. The molecule has 100 valence electrons. The lowest BCUT2D eigenvalue weighted by Crippen LogP contribution is -2.16. The van der Waals surface area contributed by atoms with E-state index < -0.39 is 0 Å². The lowest BCUT2D eigenvalue weighted by molar-refractivity contribution is 0.0344. The summed E-state index contributed by atoms with van der Waals surface area (Å²) in [5.41, 5.74) is 2.66. The molecule has 0 amide bonds. The minimum atomic E-state index is 0.271. The number of alkyl halides is 1. The van der Waals surface area contributed by atoms with Crippen LogP contribution in [-0.4, -0.2) is 11.0 Å². The molecule has 1 nitrogen and oxygen atoms in total. The predicted octanol–water partition coefficient (Wildman–Crippen LogP) is 5.07. The number of rotatable bonds is 5. The second-order valence-electron chi connectivity index (χ2n) is 5.39. The Hall–Kier alpha value is -0.0900. The van der Waals surface area contributed by atoms with Crippen molar-refractivity contribution in [3.63, 3.8) is 0 Å². The molecule has 0 heterocycles. The molecule has 0 bridgehead atoms. The summed E-state index contributed by atoms with van der Waals surface area (Å²) in [4.78, 5) is 0. The van der Waals surface area contributed by atoms with E-state index in [1.807, 2.05) is 0 Å². The quantitative estimate of drug-likeness (QED) is 0.528. The van der Waals surface area contributed by atoms with Crippen LogP contribution < -0.4 is 0 Å². The van der Waals surface area contributed by atoms with Crippen LogP contribution in [0.2, 0.25) is 0 Å². The van der Waals surface area contributed by atoms with Crippen LogP contribution in [0, 0.1) is 12.8 Å². The van der Waals surface area contributed by atoms with E-state index >= 15 is 0 Å². The Kier molecular flexibility index (Phi) is 5.96. The molecule has 1 aromatic carbocycles. The highest BCUT2D eigenvalue weighted by molar-refractivity contribution is 14.1. The highest BCUT2D eigenvalue weighted by Crippen LogP contribution is 2.27. The van der Waals surface area contributed by atoms with Crippen molar-refractivity contribution in [1.82, 2.24) is 0 Å². The van der Waals surface area contributed by atoms with Crippen molar-refractivity contribution in [3.8, 4) is 0 Å². The average molecular weight is 358 g/mol. The van der Waals surface area contributed by atoms with Gasteiger partial charge in [0.25, 0.3) is 0 Å². The van der Waals surface area contributed by atoms with Gasteiger partial charge < -0.3 is 4.74 Å². The second kappa shape index (κ2) is 7.49. The Morgan fingerprint density at radius 1 is 1.28 bits per heavy atom. The first kappa shape index (κ1) is 14.3. The normalized spacial score (nSPS) is 18.8. The minimum Gasteiger partial charge on any atom is -0.372 e. The fraction of sp³-hybridized carbons (Fsp3) is 0.625. The zero-order valence-corrected chi connectivity index (χ0v) is 13.4. The smallest absolute Gasteiger partial charge is 0.0914 e. The van der Waals surface area contributed by atoms with Crippen LogP contribution in [0.5, 0.6) is 0 Å². The Morgan fingerprint density at radius 3 is 2.72 bits per heavy atom. The van der Waals surface area contributed by atoms with Crippen LogP contribution in [0.25, 0.3) is 0 Å². The first-order valence-corrected chi connectivity index (χ1v) is 8.56. The summed E-state index contributed by atoms with van der Waals surface area (Å²) in [7, 11) is 0. The third kappa shape index (κ3) is 4.23. The second-order valence-corrected chi connectivity index (χ2v) is 6.28. The topological polar surface area (TPSA) is 9.23 Å². The fourth-order valence-electron chi connectivity index (χ4n) is 2.71. The lowest BCUT2D eigenvalue weighted by atomic mass is 9.90. The van der Waals surface area contributed by atoms with E-state index in [2.05, 4.69) is 53.8 Å². The van der Waals surface area contributed by atoms with Crippen molar-refractivity contribution >= 4 is 22.6 Å². The van der Waals surface area contributed by atoms with E-state index in [1.54, 1.807) is 0 Å². The summed E-state index contributed by atoms with van der Waals surface area (Å²) in [5.74, 6) is 0.800. The molecule has 0 aliphatic heterocycles. The van der Waals surface area contributed by atoms with E-state index in [4.69, 9.17) is 4.74 Å². The van der Waals surface area contributed by atoms with Gasteiger partial charge in [-0.15, -0.1) is 0 Å². The van der Waals surface area contributed by atoms with Gasteiger partial charge in [-0.1, -0.05) is 71.7 Å². The number of halogens is 1. The molecule has 18 heavy (non-hydrogen) atoms. The predicted molar refractivity (Wildman–Crippen MR) is 85.3 cm³/mol. The number of ether oxygens (including phenoxy) is 1. The van der Waals surface area contributed by atoms with Gasteiger partial charge in [0, 0.05) is 4.43 Å². The van der Waals surface area contributed by atoms with Gasteiger partial charge in [0.05, 0.1) is 12.7 Å². The molecule has 1 aliphatic carbocycles. The van der Waals surface area contributed by atoms with Crippen molar-refractivity contribution in [1.29, 1.82) is 0 Å². The van der Waals surface area contributed by atoms with Gasteiger partial charge in [-0.05, 0) is 31.2 Å². The Labute approximate surface area is 124 Å². The van der Waals surface area contributed by atoms with Gasteiger partial charge in [-0.3, -0.25) is 0 Å². The molecule has 1 saturated carbocycles. The number of hydrogen-bond donors (Lipinski definition) is 0. The molecule has 1 aromatic rings. The molecule has 0 radical (unpaired) electrons. The van der Waals surface area contributed by atoms with Gasteiger partial charge in [-0.25, -0.2) is 0 Å². The highest BCUT2D eigenvalue weighted by atomic mass is 127. The maximum Gasteiger partial charge on any atom is 0.0914 e. The lowest BCUT2D eigenvalue weighted by Gasteiger charge is -2.24. The number of benzene rings is 1. The van der Waals surface area contributed by atoms with E-state index in [9.17, 15) is 0 Å². The zero-order valence-electron chi connectivity index (χ0n) is 11.2. The molecule has 0 saturated heterocycles. The first-order chi connectivity index (χ1) is 8.79. The van der Waals surface area contributed by atoms with Crippen LogP contribution >= 0.6 is 22.6 Å². The number of aryl methyl sites for hydroxylation is 1. The minimum absolute atomic E-state index is 0.271. The van der Waals surface area contributed by atoms with Crippen molar-refractivity contribution in [2.75, 3.05) is 11.0 Å². The molecule has 1 atom stereocenters.